The van der Waals surface area contributed by atoms with E-state index in [9.17, 15) is 4.79 Å². The number of carbonyl (C=O) groups excluding carboxylic acids is 1. The molecule has 160 valence electrons. The first-order valence-electron chi connectivity index (χ1n) is 10.3. The largest absolute Gasteiger partial charge is 0.484 e. The zero-order chi connectivity index (χ0) is 21.6. The standard InChI is InChI=1S/C24H26N4O3/c1-27(2)22-12-13-23(26-25-22)31-21-14-15-28(16-21)24(29)17-30-20-10-8-19(9-11-20)18-6-4-3-5-7-18/h3-13,21H,14-17H2,1-2H3. The van der Waals surface area contributed by atoms with E-state index in [0.29, 0.717) is 24.7 Å². The molecule has 1 atom stereocenters. The van der Waals surface area contributed by atoms with Gasteiger partial charge in [0.2, 0.25) is 5.88 Å². The molecule has 4 rings (SSSR count). The topological polar surface area (TPSA) is 67.8 Å². The van der Waals surface area contributed by atoms with Crippen molar-refractivity contribution < 1.29 is 14.3 Å². The van der Waals surface area contributed by atoms with Crippen LogP contribution in [0.25, 0.3) is 11.1 Å². The monoisotopic (exact) mass is 418 g/mol. The van der Waals surface area contributed by atoms with E-state index >= 15 is 0 Å². The molecule has 31 heavy (non-hydrogen) atoms. The van der Waals surface area contributed by atoms with Crippen molar-refractivity contribution in [3.8, 4) is 22.8 Å². The van der Waals surface area contributed by atoms with Crippen LogP contribution in [0.2, 0.25) is 0 Å². The van der Waals surface area contributed by atoms with Crippen LogP contribution < -0.4 is 14.4 Å². The number of likely N-dealkylation sites (tertiary alicyclic amines) is 1. The summed E-state index contributed by atoms with van der Waals surface area (Å²) in [6.07, 6.45) is 0.669. The number of nitrogens with zero attached hydrogens (tertiary/aromatic N) is 4. The molecule has 7 heteroatoms. The van der Waals surface area contributed by atoms with Gasteiger partial charge in [-0.05, 0) is 29.3 Å². The second kappa shape index (κ2) is 9.47. The zero-order valence-corrected chi connectivity index (χ0v) is 17.8. The van der Waals surface area contributed by atoms with Gasteiger partial charge in [-0.15, -0.1) is 10.2 Å². The average molecular weight is 418 g/mol. The second-order valence-corrected chi connectivity index (χ2v) is 7.67. The van der Waals surface area contributed by atoms with Gasteiger partial charge in [0.05, 0.1) is 6.54 Å². The Morgan fingerprint density at radius 3 is 2.42 bits per heavy atom. The van der Waals surface area contributed by atoms with E-state index in [0.717, 1.165) is 23.4 Å². The van der Waals surface area contributed by atoms with Crippen LogP contribution in [0.1, 0.15) is 6.42 Å². The summed E-state index contributed by atoms with van der Waals surface area (Å²) in [5.74, 6) is 1.87. The van der Waals surface area contributed by atoms with Crippen LogP contribution in [0.3, 0.4) is 0 Å². The van der Waals surface area contributed by atoms with Crippen LogP contribution >= 0.6 is 0 Å². The van der Waals surface area contributed by atoms with E-state index in [1.165, 1.54) is 0 Å². The van der Waals surface area contributed by atoms with E-state index in [4.69, 9.17) is 9.47 Å². The third-order valence-corrected chi connectivity index (χ3v) is 5.19. The number of ether oxygens (including phenoxy) is 2. The van der Waals surface area contributed by atoms with Gasteiger partial charge in [0.15, 0.2) is 12.4 Å². The van der Waals surface area contributed by atoms with Gasteiger partial charge in [-0.25, -0.2) is 0 Å². The molecule has 1 aromatic heterocycles. The predicted molar refractivity (Wildman–Crippen MR) is 119 cm³/mol. The van der Waals surface area contributed by atoms with E-state index in [2.05, 4.69) is 22.3 Å². The van der Waals surface area contributed by atoms with Gasteiger partial charge in [0, 0.05) is 33.1 Å². The highest BCUT2D eigenvalue weighted by atomic mass is 16.5. The number of aromatic nitrogens is 2. The lowest BCUT2D eigenvalue weighted by Crippen LogP contribution is -2.34. The summed E-state index contributed by atoms with van der Waals surface area (Å²) in [4.78, 5) is 16.2. The molecule has 7 nitrogen and oxygen atoms in total. The Morgan fingerprint density at radius 2 is 1.74 bits per heavy atom. The first-order chi connectivity index (χ1) is 15.1. The highest BCUT2D eigenvalue weighted by Crippen LogP contribution is 2.22. The van der Waals surface area contributed by atoms with Gasteiger partial charge in [0.1, 0.15) is 11.9 Å². The van der Waals surface area contributed by atoms with Gasteiger partial charge < -0.3 is 19.3 Å². The van der Waals surface area contributed by atoms with Crippen LogP contribution in [0, 0.1) is 0 Å². The van der Waals surface area contributed by atoms with Gasteiger partial charge in [-0.1, -0.05) is 42.5 Å². The summed E-state index contributed by atoms with van der Waals surface area (Å²) in [6.45, 7) is 1.17. The minimum absolute atomic E-state index is 0.00867. The predicted octanol–water partition coefficient (Wildman–Crippen LogP) is 3.27. The van der Waals surface area contributed by atoms with Gasteiger partial charge in [-0.2, -0.15) is 0 Å². The molecule has 3 aromatic rings. The lowest BCUT2D eigenvalue weighted by Gasteiger charge is -2.17. The molecule has 1 amide bonds. The number of anilines is 1. The van der Waals surface area contributed by atoms with E-state index in [-0.39, 0.29) is 18.6 Å². The minimum atomic E-state index is -0.0892. The van der Waals surface area contributed by atoms with Crippen molar-refractivity contribution in [3.05, 3.63) is 66.7 Å². The van der Waals surface area contributed by atoms with Crippen molar-refractivity contribution in [2.75, 3.05) is 38.7 Å². The lowest BCUT2D eigenvalue weighted by molar-refractivity contribution is -0.132. The molecule has 1 fully saturated rings. The van der Waals surface area contributed by atoms with Crippen LogP contribution in [-0.4, -0.2) is 60.9 Å². The number of amides is 1. The maximum atomic E-state index is 12.5. The first-order valence-corrected chi connectivity index (χ1v) is 10.3. The molecule has 2 heterocycles. The summed E-state index contributed by atoms with van der Waals surface area (Å²) < 4.78 is 11.6. The number of carbonyl (C=O) groups is 1. The molecule has 0 saturated carbocycles. The van der Waals surface area contributed by atoms with Crippen molar-refractivity contribution in [3.63, 3.8) is 0 Å². The van der Waals surface area contributed by atoms with Crippen molar-refractivity contribution in [2.24, 2.45) is 0 Å². The van der Waals surface area contributed by atoms with Crippen LogP contribution in [0.4, 0.5) is 5.82 Å². The molecule has 1 aliphatic heterocycles. The van der Waals surface area contributed by atoms with Gasteiger partial charge in [0.25, 0.3) is 5.91 Å². The maximum absolute atomic E-state index is 12.5. The van der Waals surface area contributed by atoms with E-state index in [1.807, 2.05) is 67.5 Å². The smallest absolute Gasteiger partial charge is 0.260 e. The highest BCUT2D eigenvalue weighted by Gasteiger charge is 2.28. The average Bonchev–Trinajstić information content (AvgIpc) is 3.27. The van der Waals surface area contributed by atoms with Crippen LogP contribution in [-0.2, 0) is 4.79 Å². The SMILES string of the molecule is CN(C)c1ccc(OC2CCN(C(=O)COc3ccc(-c4ccccc4)cc3)C2)nn1. The summed E-state index contributed by atoms with van der Waals surface area (Å²) in [7, 11) is 3.81. The molecule has 2 aromatic carbocycles. The van der Waals surface area contributed by atoms with E-state index in [1.54, 1.807) is 11.0 Å². The third-order valence-electron chi connectivity index (χ3n) is 5.19. The molecular weight excluding hydrogens is 392 g/mol. The fourth-order valence-electron chi connectivity index (χ4n) is 3.45. The van der Waals surface area contributed by atoms with Crippen molar-refractivity contribution in [1.29, 1.82) is 0 Å². The molecular formula is C24H26N4O3. The quantitative estimate of drug-likeness (QED) is 0.587. The Hall–Kier alpha value is -3.61. The Bertz CT molecular complexity index is 992. The Balaban J connectivity index is 1.25. The number of benzene rings is 2. The summed E-state index contributed by atoms with van der Waals surface area (Å²) in [5.41, 5.74) is 2.26. The maximum Gasteiger partial charge on any atom is 0.260 e. The normalized spacial score (nSPS) is 15.5. The second-order valence-electron chi connectivity index (χ2n) is 7.67. The van der Waals surface area contributed by atoms with Crippen LogP contribution in [0.5, 0.6) is 11.6 Å². The minimum Gasteiger partial charge on any atom is -0.484 e. The fraction of sp³-hybridized carbons (Fsp3) is 0.292. The van der Waals surface area contributed by atoms with Gasteiger partial charge in [-0.3, -0.25) is 4.79 Å². The number of rotatable bonds is 7. The lowest BCUT2D eigenvalue weighted by atomic mass is 10.1. The third kappa shape index (κ3) is 5.31. The Labute approximate surface area is 182 Å². The van der Waals surface area contributed by atoms with Crippen molar-refractivity contribution in [1.82, 2.24) is 15.1 Å². The Kier molecular flexibility index (Phi) is 6.31. The first kappa shape index (κ1) is 20.7. The molecule has 0 spiro atoms. The molecule has 1 unspecified atom stereocenters. The molecule has 0 bridgehead atoms. The highest BCUT2D eigenvalue weighted by molar-refractivity contribution is 5.78. The van der Waals surface area contributed by atoms with Crippen LogP contribution in [0.15, 0.2) is 66.7 Å². The zero-order valence-electron chi connectivity index (χ0n) is 17.8. The molecule has 0 aliphatic carbocycles. The fourth-order valence-corrected chi connectivity index (χ4v) is 3.45. The summed E-state index contributed by atoms with van der Waals surface area (Å²) >= 11 is 0. The molecule has 0 N–H and O–H groups in total. The number of hydrogen-bond donors (Lipinski definition) is 0. The number of hydrogen-bond acceptors (Lipinski definition) is 6. The van der Waals surface area contributed by atoms with Crippen molar-refractivity contribution >= 4 is 11.7 Å². The summed E-state index contributed by atoms with van der Waals surface area (Å²) in [5, 5.41) is 8.21. The molecule has 1 aliphatic rings. The molecule has 0 radical (unpaired) electrons. The van der Waals surface area contributed by atoms with E-state index < -0.39 is 0 Å². The molecule has 1 saturated heterocycles. The van der Waals surface area contributed by atoms with Crippen molar-refractivity contribution in [2.45, 2.75) is 12.5 Å². The summed E-state index contributed by atoms with van der Waals surface area (Å²) in [6, 6.07) is 21.6. The Morgan fingerprint density at radius 1 is 1.00 bits per heavy atom. The van der Waals surface area contributed by atoms with Gasteiger partial charge >= 0.3 is 0 Å².